The summed E-state index contributed by atoms with van der Waals surface area (Å²) in [6.45, 7) is 13.0. The summed E-state index contributed by atoms with van der Waals surface area (Å²) in [5.41, 5.74) is 8.70. The number of aromatic amines is 1. The van der Waals surface area contributed by atoms with E-state index in [1.807, 2.05) is 32.2 Å². The first-order valence-electron chi connectivity index (χ1n) is 17.0. The van der Waals surface area contributed by atoms with E-state index in [0.29, 0.717) is 17.6 Å². The van der Waals surface area contributed by atoms with Crippen LogP contribution in [-0.2, 0) is 26.7 Å². The minimum Gasteiger partial charge on any atom is -0.353 e. The number of hydrogen-bond donors (Lipinski definition) is 3. The summed E-state index contributed by atoms with van der Waals surface area (Å²) in [4.78, 5) is 24.8. The van der Waals surface area contributed by atoms with Crippen LogP contribution in [0.15, 0.2) is 54.7 Å². The number of benzene rings is 2. The summed E-state index contributed by atoms with van der Waals surface area (Å²) in [7, 11) is -3.30. The molecule has 7 rings (SSSR count). The Labute approximate surface area is 279 Å². The average molecular weight is 656 g/mol. The molecule has 47 heavy (non-hydrogen) atoms. The number of amides is 1. The van der Waals surface area contributed by atoms with Gasteiger partial charge in [-0.1, -0.05) is 36.2 Å². The van der Waals surface area contributed by atoms with Crippen molar-refractivity contribution in [3.05, 3.63) is 82.7 Å². The fourth-order valence-electron chi connectivity index (χ4n) is 7.71. The van der Waals surface area contributed by atoms with Crippen LogP contribution in [0.3, 0.4) is 0 Å². The van der Waals surface area contributed by atoms with E-state index in [0.717, 1.165) is 78.6 Å². The zero-order valence-electron chi connectivity index (χ0n) is 28.6. The molecule has 1 aliphatic carbocycles. The van der Waals surface area contributed by atoms with Gasteiger partial charge in [0.2, 0.25) is 15.9 Å². The van der Waals surface area contributed by atoms with Crippen LogP contribution in [0.5, 0.6) is 0 Å². The van der Waals surface area contributed by atoms with Crippen molar-refractivity contribution in [2.45, 2.75) is 84.1 Å². The van der Waals surface area contributed by atoms with Gasteiger partial charge in [0.15, 0.2) is 0 Å². The van der Waals surface area contributed by atoms with Gasteiger partial charge in [-0.05, 0) is 125 Å². The number of nitrogens with zero attached hydrogens (tertiary/aromatic N) is 2. The minimum atomic E-state index is -3.30. The van der Waals surface area contributed by atoms with Gasteiger partial charge in [0, 0.05) is 30.2 Å². The van der Waals surface area contributed by atoms with Crippen LogP contribution >= 0.6 is 0 Å². The second-order valence-electron chi connectivity index (χ2n) is 14.6. The first-order chi connectivity index (χ1) is 22.3. The van der Waals surface area contributed by atoms with Crippen LogP contribution in [0, 0.1) is 19.8 Å². The highest BCUT2D eigenvalue weighted by Crippen LogP contribution is 2.40. The standard InChI is InChI=1S/C38H49N5O3S/c1-24-17-25(2)19-29(18-24)36-35(26(3)21-39-16-15-27-7-11-30(12-8-27)42-47(6,45)46)32-20-34(40-22-33(32)41-36)38(4,5)37(44)43-23-28-9-13-31(43)14-10-28/h7-8,11-12,17-20,22,26,28,31,39,41-42H,9-10,13-16,21,23H2,1-6H3. The Kier molecular flexibility index (Phi) is 9.24. The van der Waals surface area contributed by atoms with Crippen molar-refractivity contribution in [1.82, 2.24) is 20.2 Å². The molecule has 2 saturated heterocycles. The molecule has 4 heterocycles. The molecule has 1 saturated carbocycles. The van der Waals surface area contributed by atoms with Gasteiger partial charge in [0.1, 0.15) is 0 Å². The molecule has 2 bridgehead atoms. The lowest BCUT2D eigenvalue weighted by Gasteiger charge is -2.47. The number of hydrogen-bond acceptors (Lipinski definition) is 5. The third kappa shape index (κ3) is 7.26. The largest absolute Gasteiger partial charge is 0.353 e. The van der Waals surface area contributed by atoms with Crippen molar-refractivity contribution in [1.29, 1.82) is 0 Å². The summed E-state index contributed by atoms with van der Waals surface area (Å²) >= 11 is 0. The predicted molar refractivity (Wildman–Crippen MR) is 191 cm³/mol. The van der Waals surface area contributed by atoms with E-state index < -0.39 is 15.4 Å². The molecule has 8 nitrogen and oxygen atoms in total. The number of nitrogens with one attached hydrogen (secondary N) is 3. The van der Waals surface area contributed by atoms with Crippen LogP contribution in [0.4, 0.5) is 5.69 Å². The number of anilines is 1. The maximum absolute atomic E-state index is 14.1. The van der Waals surface area contributed by atoms with Crippen molar-refractivity contribution in [2.24, 2.45) is 5.92 Å². The Morgan fingerprint density at radius 2 is 1.72 bits per heavy atom. The first-order valence-corrected chi connectivity index (χ1v) is 18.9. The number of pyridine rings is 1. The molecule has 9 heteroatoms. The molecule has 3 aliphatic rings. The topological polar surface area (TPSA) is 107 Å². The Bertz CT molecular complexity index is 1850. The summed E-state index contributed by atoms with van der Waals surface area (Å²) in [6.07, 6.45) is 8.63. The molecular weight excluding hydrogens is 607 g/mol. The molecule has 4 aromatic rings. The molecule has 1 unspecified atom stereocenters. The van der Waals surface area contributed by atoms with Crippen molar-refractivity contribution in [3.63, 3.8) is 0 Å². The van der Waals surface area contributed by atoms with Gasteiger partial charge in [-0.15, -0.1) is 0 Å². The Hall–Kier alpha value is -3.69. The molecule has 3 fully saturated rings. The summed E-state index contributed by atoms with van der Waals surface area (Å²) in [5.74, 6) is 1.00. The molecule has 2 aromatic heterocycles. The third-order valence-electron chi connectivity index (χ3n) is 10.2. The van der Waals surface area contributed by atoms with Crippen molar-refractivity contribution >= 4 is 32.5 Å². The lowest BCUT2D eigenvalue weighted by atomic mass is 9.77. The van der Waals surface area contributed by atoms with Gasteiger partial charge in [-0.25, -0.2) is 8.42 Å². The van der Waals surface area contributed by atoms with Crippen LogP contribution in [0.2, 0.25) is 0 Å². The number of carbonyl (C=O) groups is 1. The molecular formula is C38H49N5O3S. The molecule has 250 valence electrons. The van der Waals surface area contributed by atoms with Crippen molar-refractivity contribution in [2.75, 3.05) is 30.6 Å². The zero-order chi connectivity index (χ0) is 33.5. The highest BCUT2D eigenvalue weighted by molar-refractivity contribution is 7.92. The second-order valence-corrected chi connectivity index (χ2v) is 16.3. The normalized spacial score (nSPS) is 18.9. The number of aryl methyl sites for hydroxylation is 2. The number of piperidine rings is 2. The lowest BCUT2D eigenvalue weighted by Crippen LogP contribution is -2.55. The fraction of sp³-hybridized carbons (Fsp3) is 0.474. The van der Waals surface area contributed by atoms with Gasteiger partial charge >= 0.3 is 0 Å². The number of fused-ring (bicyclic) bond motifs is 4. The number of aromatic nitrogens is 2. The predicted octanol–water partition coefficient (Wildman–Crippen LogP) is 6.83. The van der Waals surface area contributed by atoms with E-state index in [4.69, 9.17) is 4.98 Å². The molecule has 1 amide bonds. The van der Waals surface area contributed by atoms with Crippen molar-refractivity contribution < 1.29 is 13.2 Å². The molecule has 3 N–H and O–H groups in total. The highest BCUT2D eigenvalue weighted by Gasteiger charge is 2.43. The number of H-pyrrole nitrogens is 1. The highest BCUT2D eigenvalue weighted by atomic mass is 32.2. The van der Waals surface area contributed by atoms with E-state index in [-0.39, 0.29) is 11.8 Å². The first kappa shape index (κ1) is 33.2. The van der Waals surface area contributed by atoms with E-state index in [1.165, 1.54) is 29.5 Å². The van der Waals surface area contributed by atoms with E-state index >= 15 is 0 Å². The maximum atomic E-state index is 14.1. The van der Waals surface area contributed by atoms with Gasteiger partial charge in [0.05, 0.1) is 34.8 Å². The lowest BCUT2D eigenvalue weighted by molar-refractivity contribution is -0.144. The van der Waals surface area contributed by atoms with Gasteiger partial charge in [-0.3, -0.25) is 14.5 Å². The van der Waals surface area contributed by atoms with Gasteiger partial charge < -0.3 is 15.2 Å². The smallest absolute Gasteiger partial charge is 0.234 e. The SMILES string of the molecule is Cc1cc(C)cc(-c2[nH]c3cnc(C(C)(C)C(=O)N4CC5CCC4CC5)cc3c2C(C)CNCCc2ccc(NS(C)(=O)=O)cc2)c1. The Balaban J connectivity index is 1.25. The quantitative estimate of drug-likeness (QED) is 0.154. The second kappa shape index (κ2) is 13.1. The maximum Gasteiger partial charge on any atom is 0.234 e. The monoisotopic (exact) mass is 655 g/mol. The number of carbonyl (C=O) groups excluding carboxylic acids is 1. The molecule has 2 aromatic carbocycles. The molecule has 2 aliphatic heterocycles. The number of sulfonamides is 1. The van der Waals surface area contributed by atoms with Gasteiger partial charge in [0.25, 0.3) is 0 Å². The van der Waals surface area contributed by atoms with Crippen LogP contribution < -0.4 is 10.0 Å². The Morgan fingerprint density at radius 3 is 2.34 bits per heavy atom. The number of rotatable bonds is 11. The molecule has 1 atom stereocenters. The van der Waals surface area contributed by atoms with Crippen LogP contribution in [-0.4, -0.2) is 61.1 Å². The Morgan fingerprint density at radius 1 is 1.04 bits per heavy atom. The summed E-state index contributed by atoms with van der Waals surface area (Å²) in [6, 6.07) is 16.7. The van der Waals surface area contributed by atoms with E-state index in [9.17, 15) is 13.2 Å². The fourth-order valence-corrected chi connectivity index (χ4v) is 8.27. The zero-order valence-corrected chi connectivity index (χ0v) is 29.4. The average Bonchev–Trinajstić information content (AvgIpc) is 3.42. The van der Waals surface area contributed by atoms with Crippen molar-refractivity contribution in [3.8, 4) is 11.3 Å². The van der Waals surface area contributed by atoms with E-state index in [1.54, 1.807) is 12.1 Å². The summed E-state index contributed by atoms with van der Waals surface area (Å²) in [5, 5.41) is 4.78. The molecule has 0 radical (unpaired) electrons. The van der Waals surface area contributed by atoms with Crippen LogP contribution in [0.1, 0.15) is 80.3 Å². The summed E-state index contributed by atoms with van der Waals surface area (Å²) < 4.78 is 25.6. The van der Waals surface area contributed by atoms with E-state index in [2.05, 4.69) is 65.0 Å². The van der Waals surface area contributed by atoms with Gasteiger partial charge in [-0.2, -0.15) is 0 Å². The minimum absolute atomic E-state index is 0.174. The van der Waals surface area contributed by atoms with Crippen LogP contribution in [0.25, 0.3) is 22.2 Å². The third-order valence-corrected chi connectivity index (χ3v) is 10.8. The molecule has 0 spiro atoms.